The van der Waals surface area contributed by atoms with E-state index in [9.17, 15) is 0 Å². The fourth-order valence-corrected chi connectivity index (χ4v) is 1.11. The van der Waals surface area contributed by atoms with Crippen molar-refractivity contribution in [1.29, 1.82) is 0 Å². The Morgan fingerprint density at radius 1 is 1.08 bits per heavy atom. The first kappa shape index (κ1) is 17.0. The van der Waals surface area contributed by atoms with Gasteiger partial charge < -0.3 is 0 Å². The maximum atomic E-state index is 4.97. The molecule has 0 aromatic carbocycles. The first-order chi connectivity index (χ1) is 5.82. The van der Waals surface area contributed by atoms with Gasteiger partial charge in [0.2, 0.25) is 0 Å². The molecule has 0 aliphatic carbocycles. The topological polar surface area (TPSA) is 3.24 Å². The Labute approximate surface area is 100 Å². The second kappa shape index (κ2) is 10.1. The van der Waals surface area contributed by atoms with E-state index in [1.54, 1.807) is 0 Å². The van der Waals surface area contributed by atoms with Crippen LogP contribution in [0.25, 0.3) is 0 Å². The Morgan fingerprint density at radius 3 is 1.31 bits per heavy atom. The number of hydrogen-bond donors (Lipinski definition) is 0. The molecule has 0 N–H and O–H groups in total. The summed E-state index contributed by atoms with van der Waals surface area (Å²) in [4.78, 5) is 2.35. The van der Waals surface area contributed by atoms with Gasteiger partial charge in [0.15, 0.2) is 0 Å². The predicted molar refractivity (Wildman–Crippen MR) is 59.9 cm³/mol. The molecule has 0 saturated carbocycles. The van der Waals surface area contributed by atoms with Gasteiger partial charge in [-0.1, -0.05) is 0 Å². The molecule has 0 saturated heterocycles. The SMILES string of the molecule is [CH2]CN(C(C)C)C(C)C.[Cl][Ti]([Cl])[Cl]. The van der Waals surface area contributed by atoms with Gasteiger partial charge in [-0.15, -0.1) is 0 Å². The standard InChI is InChI=1S/C8H18N.3ClH.Ti/c1-6-9(7(2)3)8(4)5;;;;/h7-8H,1,6H2,2-5H3;3*1H;/q;;;;+3/p-3. The Balaban J connectivity index is 0. The van der Waals surface area contributed by atoms with Crippen LogP contribution in [-0.2, 0) is 14.7 Å². The monoisotopic (exact) mass is 281 g/mol. The van der Waals surface area contributed by atoms with Gasteiger partial charge in [-0.05, 0) is 41.2 Å². The predicted octanol–water partition coefficient (Wildman–Crippen LogP) is 4.01. The molecule has 1 nitrogen and oxygen atoms in total. The average Bonchev–Trinajstić information content (AvgIpc) is 1.84. The van der Waals surface area contributed by atoms with Crippen molar-refractivity contribution >= 4 is 27.9 Å². The molecule has 0 aliphatic rings. The fourth-order valence-electron chi connectivity index (χ4n) is 1.11. The van der Waals surface area contributed by atoms with Crippen molar-refractivity contribution in [2.75, 3.05) is 6.54 Å². The zero-order valence-electron chi connectivity index (χ0n) is 8.65. The van der Waals surface area contributed by atoms with Crippen LogP contribution in [0.3, 0.4) is 0 Å². The van der Waals surface area contributed by atoms with E-state index in [2.05, 4.69) is 39.5 Å². The van der Waals surface area contributed by atoms with Crippen molar-refractivity contribution in [3.05, 3.63) is 6.92 Å². The van der Waals surface area contributed by atoms with Gasteiger partial charge in [-0.2, -0.15) is 0 Å². The quantitative estimate of drug-likeness (QED) is 0.707. The molecule has 1 radical (unpaired) electrons. The van der Waals surface area contributed by atoms with Crippen LogP contribution in [0.5, 0.6) is 0 Å². The summed E-state index contributed by atoms with van der Waals surface area (Å²) in [6.45, 7) is 13.6. The summed E-state index contributed by atoms with van der Waals surface area (Å²) < 4.78 is 0. The van der Waals surface area contributed by atoms with Crippen molar-refractivity contribution in [2.45, 2.75) is 39.8 Å². The molecule has 0 rings (SSSR count). The second-order valence-corrected chi connectivity index (χ2v) is 10.9. The van der Waals surface area contributed by atoms with Crippen LogP contribution in [0, 0.1) is 6.92 Å². The third-order valence-corrected chi connectivity index (χ3v) is 1.58. The number of rotatable bonds is 3. The van der Waals surface area contributed by atoms with E-state index in [1.807, 2.05) is 0 Å². The van der Waals surface area contributed by atoms with Crippen LogP contribution >= 0.6 is 27.9 Å². The average molecular weight is 282 g/mol. The third-order valence-electron chi connectivity index (χ3n) is 1.58. The van der Waals surface area contributed by atoms with Crippen LogP contribution in [0.4, 0.5) is 0 Å². The van der Waals surface area contributed by atoms with Crippen LogP contribution in [0.1, 0.15) is 27.7 Å². The molecule has 0 heterocycles. The van der Waals surface area contributed by atoms with Crippen LogP contribution < -0.4 is 0 Å². The summed E-state index contributed by atoms with van der Waals surface area (Å²) in [5, 5.41) is 0. The Kier molecular flexibility index (Phi) is 13.1. The Hall–Kier alpha value is 1.54. The minimum absolute atomic E-state index is 0.627. The van der Waals surface area contributed by atoms with Gasteiger partial charge in [0.1, 0.15) is 0 Å². The molecule has 0 aromatic heterocycles. The molecule has 0 spiro atoms. The first-order valence-electron chi connectivity index (χ1n) is 4.21. The summed E-state index contributed by atoms with van der Waals surface area (Å²) >= 11 is -1.92. The van der Waals surface area contributed by atoms with Crippen LogP contribution in [-0.4, -0.2) is 23.5 Å². The van der Waals surface area contributed by atoms with E-state index in [1.165, 1.54) is 0 Å². The number of hydrogen-bond acceptors (Lipinski definition) is 1. The van der Waals surface area contributed by atoms with E-state index in [0.717, 1.165) is 6.54 Å². The zero-order valence-corrected chi connectivity index (χ0v) is 12.5. The molecule has 0 amide bonds. The van der Waals surface area contributed by atoms with Gasteiger partial charge in [0.25, 0.3) is 0 Å². The molecule has 80 valence electrons. The molecule has 13 heavy (non-hydrogen) atoms. The maximum absolute atomic E-state index is 4.97. The normalized spacial score (nSPS) is 10.4. The summed E-state index contributed by atoms with van der Waals surface area (Å²) in [6, 6.07) is 1.25. The van der Waals surface area contributed by atoms with E-state index >= 15 is 0 Å². The van der Waals surface area contributed by atoms with Crippen molar-refractivity contribution < 1.29 is 14.7 Å². The molecular formula is C8H18Cl3NTi. The summed E-state index contributed by atoms with van der Waals surface area (Å²) in [5.74, 6) is 0. The molecule has 0 bridgehead atoms. The van der Waals surface area contributed by atoms with Gasteiger partial charge in [-0.25, -0.2) is 0 Å². The van der Waals surface area contributed by atoms with Crippen molar-refractivity contribution in [3.63, 3.8) is 0 Å². The second-order valence-electron chi connectivity index (χ2n) is 3.14. The van der Waals surface area contributed by atoms with Crippen LogP contribution in [0.15, 0.2) is 0 Å². The summed E-state index contributed by atoms with van der Waals surface area (Å²) in [6.07, 6.45) is 0. The van der Waals surface area contributed by atoms with Gasteiger partial charge >= 0.3 is 42.6 Å². The van der Waals surface area contributed by atoms with E-state index in [-0.39, 0.29) is 0 Å². The van der Waals surface area contributed by atoms with Gasteiger partial charge in [-0.3, -0.25) is 4.90 Å². The van der Waals surface area contributed by atoms with Crippen molar-refractivity contribution in [1.82, 2.24) is 4.90 Å². The third kappa shape index (κ3) is 13.5. The summed E-state index contributed by atoms with van der Waals surface area (Å²) in [7, 11) is 14.9. The molecular weight excluding hydrogens is 264 g/mol. The zero-order chi connectivity index (χ0) is 11.0. The van der Waals surface area contributed by atoms with Gasteiger partial charge in [0, 0.05) is 12.1 Å². The molecule has 0 aromatic rings. The molecule has 0 fully saturated rings. The molecule has 0 unspecified atom stereocenters. The number of nitrogens with zero attached hydrogens (tertiary/aromatic N) is 1. The number of halogens is 3. The fraction of sp³-hybridized carbons (Fsp3) is 0.875. The molecule has 0 atom stereocenters. The Morgan fingerprint density at radius 2 is 1.31 bits per heavy atom. The summed E-state index contributed by atoms with van der Waals surface area (Å²) in [5.41, 5.74) is 0. The van der Waals surface area contributed by atoms with E-state index < -0.39 is 14.7 Å². The Bertz CT molecular complexity index is 98.8. The first-order valence-corrected chi connectivity index (χ1v) is 10.7. The van der Waals surface area contributed by atoms with Crippen molar-refractivity contribution in [3.8, 4) is 0 Å². The van der Waals surface area contributed by atoms with E-state index in [0.29, 0.717) is 12.1 Å². The minimum atomic E-state index is -1.92. The molecule has 5 heteroatoms. The van der Waals surface area contributed by atoms with E-state index in [4.69, 9.17) is 27.9 Å². The van der Waals surface area contributed by atoms with Crippen LogP contribution in [0.2, 0.25) is 0 Å². The van der Waals surface area contributed by atoms with Gasteiger partial charge in [0.05, 0.1) is 0 Å². The van der Waals surface area contributed by atoms with Crippen molar-refractivity contribution in [2.24, 2.45) is 0 Å². The molecule has 0 aliphatic heterocycles.